The number of nitrogens with zero attached hydrogens (tertiary/aromatic N) is 1. The van der Waals surface area contributed by atoms with Crippen molar-refractivity contribution in [1.82, 2.24) is 4.98 Å². The molecule has 4 rings (SSSR count). The van der Waals surface area contributed by atoms with Gasteiger partial charge in [0.1, 0.15) is 5.75 Å². The normalized spacial score (nSPS) is 13.0. The second kappa shape index (κ2) is 8.45. The second-order valence-corrected chi connectivity index (χ2v) is 7.89. The summed E-state index contributed by atoms with van der Waals surface area (Å²) in [6, 6.07) is 14.6. The lowest BCUT2D eigenvalue weighted by atomic mass is 10.1. The zero-order chi connectivity index (χ0) is 20.2. The van der Waals surface area contributed by atoms with Gasteiger partial charge in [-0.1, -0.05) is 12.1 Å². The van der Waals surface area contributed by atoms with Gasteiger partial charge in [0.15, 0.2) is 5.13 Å². The fraction of sp³-hybridized carbons (Fsp3) is 0.227. The number of benzene rings is 2. The number of thiazole rings is 1. The Morgan fingerprint density at radius 3 is 2.45 bits per heavy atom. The monoisotopic (exact) mass is 407 g/mol. The molecule has 0 aliphatic heterocycles. The Labute approximate surface area is 172 Å². The van der Waals surface area contributed by atoms with Gasteiger partial charge in [0, 0.05) is 29.1 Å². The van der Waals surface area contributed by atoms with Crippen molar-refractivity contribution in [2.24, 2.45) is 5.92 Å². The van der Waals surface area contributed by atoms with Crippen LogP contribution in [0.15, 0.2) is 53.9 Å². The highest BCUT2D eigenvalue weighted by molar-refractivity contribution is 7.14. The van der Waals surface area contributed by atoms with Gasteiger partial charge in [-0.15, -0.1) is 11.3 Å². The van der Waals surface area contributed by atoms with Crippen LogP contribution in [0.1, 0.15) is 30.1 Å². The first-order valence-corrected chi connectivity index (χ1v) is 10.3. The van der Waals surface area contributed by atoms with Crippen LogP contribution in [0.5, 0.6) is 5.75 Å². The number of hydrogen-bond acceptors (Lipinski definition) is 5. The van der Waals surface area contributed by atoms with Crippen LogP contribution >= 0.6 is 11.3 Å². The predicted octanol–water partition coefficient (Wildman–Crippen LogP) is 4.81. The van der Waals surface area contributed by atoms with Crippen molar-refractivity contribution in [2.75, 3.05) is 17.2 Å². The van der Waals surface area contributed by atoms with Crippen LogP contribution in [0.3, 0.4) is 0 Å². The van der Waals surface area contributed by atoms with E-state index in [1.54, 1.807) is 12.1 Å². The minimum Gasteiger partial charge on any atom is -0.493 e. The lowest BCUT2D eigenvalue weighted by molar-refractivity contribution is -0.114. The molecule has 2 N–H and O–H groups in total. The van der Waals surface area contributed by atoms with Crippen LogP contribution in [0.2, 0.25) is 0 Å². The summed E-state index contributed by atoms with van der Waals surface area (Å²) < 4.78 is 5.70. The molecule has 0 atom stereocenters. The lowest BCUT2D eigenvalue weighted by Crippen LogP contribution is -2.11. The largest absolute Gasteiger partial charge is 0.493 e. The van der Waals surface area contributed by atoms with E-state index >= 15 is 0 Å². The average Bonchev–Trinajstić information content (AvgIpc) is 3.44. The molecule has 6 nitrogen and oxygen atoms in total. The van der Waals surface area contributed by atoms with Crippen molar-refractivity contribution in [1.29, 1.82) is 0 Å². The molecule has 2 aromatic carbocycles. The molecular weight excluding hydrogens is 386 g/mol. The second-order valence-electron chi connectivity index (χ2n) is 7.03. The number of anilines is 2. The van der Waals surface area contributed by atoms with Gasteiger partial charge in [0.25, 0.3) is 5.91 Å². The Morgan fingerprint density at radius 2 is 1.79 bits per heavy atom. The Balaban J connectivity index is 1.36. The van der Waals surface area contributed by atoms with Crippen molar-refractivity contribution in [3.63, 3.8) is 0 Å². The molecule has 0 spiro atoms. The molecule has 7 heteroatoms. The predicted molar refractivity (Wildman–Crippen MR) is 114 cm³/mol. The van der Waals surface area contributed by atoms with E-state index in [1.807, 2.05) is 41.8 Å². The maximum Gasteiger partial charge on any atom is 0.257 e. The van der Waals surface area contributed by atoms with Gasteiger partial charge in [-0.3, -0.25) is 14.9 Å². The summed E-state index contributed by atoms with van der Waals surface area (Å²) in [5.74, 6) is 1.16. The number of amides is 2. The SMILES string of the molecule is CC(=O)Nc1ccc(-c2csc(NC(=O)c3ccc(OCC4CC4)cc3)n2)cc1. The van der Waals surface area contributed by atoms with Crippen molar-refractivity contribution in [2.45, 2.75) is 19.8 Å². The zero-order valence-electron chi connectivity index (χ0n) is 16.0. The van der Waals surface area contributed by atoms with E-state index < -0.39 is 0 Å². The van der Waals surface area contributed by atoms with Crippen molar-refractivity contribution in [3.8, 4) is 17.0 Å². The Kier molecular flexibility index (Phi) is 5.57. The first-order chi connectivity index (χ1) is 14.1. The van der Waals surface area contributed by atoms with E-state index in [9.17, 15) is 9.59 Å². The van der Waals surface area contributed by atoms with E-state index in [4.69, 9.17) is 4.74 Å². The minimum atomic E-state index is -0.208. The highest BCUT2D eigenvalue weighted by Gasteiger charge is 2.21. The van der Waals surface area contributed by atoms with Gasteiger partial charge in [0.2, 0.25) is 5.91 Å². The number of rotatable bonds is 7. The maximum absolute atomic E-state index is 12.5. The summed E-state index contributed by atoms with van der Waals surface area (Å²) in [6.07, 6.45) is 2.49. The molecule has 148 valence electrons. The molecule has 0 radical (unpaired) electrons. The molecule has 1 aliphatic carbocycles. The fourth-order valence-electron chi connectivity index (χ4n) is 2.76. The van der Waals surface area contributed by atoms with E-state index in [-0.39, 0.29) is 11.8 Å². The summed E-state index contributed by atoms with van der Waals surface area (Å²) in [7, 11) is 0. The Bertz CT molecular complexity index is 1010. The summed E-state index contributed by atoms with van der Waals surface area (Å²) in [5.41, 5.74) is 2.96. The molecule has 2 amide bonds. The molecule has 1 aliphatic rings. The third kappa shape index (κ3) is 5.20. The van der Waals surface area contributed by atoms with Gasteiger partial charge < -0.3 is 10.1 Å². The molecule has 1 fully saturated rings. The molecular formula is C22H21N3O3S. The molecule has 3 aromatic rings. The third-order valence-electron chi connectivity index (χ3n) is 4.52. The summed E-state index contributed by atoms with van der Waals surface area (Å²) >= 11 is 1.37. The molecule has 0 unspecified atom stereocenters. The fourth-order valence-corrected chi connectivity index (χ4v) is 3.48. The van der Waals surface area contributed by atoms with Gasteiger partial charge in [0.05, 0.1) is 12.3 Å². The average molecular weight is 407 g/mol. The standard InChI is InChI=1S/C22H21N3O3S/c1-14(26)23-18-8-4-16(5-9-18)20-13-29-22(24-20)25-21(27)17-6-10-19(11-7-17)28-12-15-2-3-15/h4-11,13,15H,2-3,12H2,1H3,(H,23,26)(H,24,25,27). The van der Waals surface area contributed by atoms with Crippen LogP contribution in [0.4, 0.5) is 10.8 Å². The van der Waals surface area contributed by atoms with Crippen LogP contribution in [0, 0.1) is 5.92 Å². The number of aromatic nitrogens is 1. The zero-order valence-corrected chi connectivity index (χ0v) is 16.8. The first kappa shape index (κ1) is 19.1. The van der Waals surface area contributed by atoms with Crippen molar-refractivity contribution < 1.29 is 14.3 Å². The summed E-state index contributed by atoms with van der Waals surface area (Å²) in [4.78, 5) is 28.1. The maximum atomic E-state index is 12.5. The highest BCUT2D eigenvalue weighted by atomic mass is 32.1. The number of hydrogen-bond donors (Lipinski definition) is 2. The minimum absolute atomic E-state index is 0.112. The van der Waals surface area contributed by atoms with Gasteiger partial charge in [-0.2, -0.15) is 0 Å². The number of nitrogens with one attached hydrogen (secondary N) is 2. The van der Waals surface area contributed by atoms with Crippen LogP contribution in [-0.2, 0) is 4.79 Å². The summed E-state index contributed by atoms with van der Waals surface area (Å²) in [5, 5.41) is 7.99. The van der Waals surface area contributed by atoms with Crippen molar-refractivity contribution in [3.05, 3.63) is 59.5 Å². The number of carbonyl (C=O) groups is 2. The van der Waals surface area contributed by atoms with Gasteiger partial charge >= 0.3 is 0 Å². The topological polar surface area (TPSA) is 80.3 Å². The molecule has 1 saturated carbocycles. The number of ether oxygens (including phenoxy) is 1. The van der Waals surface area contributed by atoms with E-state index in [0.29, 0.717) is 16.6 Å². The molecule has 29 heavy (non-hydrogen) atoms. The van der Waals surface area contributed by atoms with Crippen LogP contribution in [0.25, 0.3) is 11.3 Å². The van der Waals surface area contributed by atoms with E-state index in [2.05, 4.69) is 15.6 Å². The molecule has 1 aromatic heterocycles. The van der Waals surface area contributed by atoms with Gasteiger partial charge in [-0.25, -0.2) is 4.98 Å². The highest BCUT2D eigenvalue weighted by Crippen LogP contribution is 2.30. The van der Waals surface area contributed by atoms with Crippen LogP contribution in [-0.4, -0.2) is 23.4 Å². The smallest absolute Gasteiger partial charge is 0.257 e. The molecule has 1 heterocycles. The quantitative estimate of drug-likeness (QED) is 0.589. The summed E-state index contributed by atoms with van der Waals surface area (Å²) in [6.45, 7) is 2.22. The Hall–Kier alpha value is -3.19. The van der Waals surface area contributed by atoms with E-state index in [0.717, 1.165) is 29.3 Å². The number of carbonyl (C=O) groups excluding carboxylic acids is 2. The third-order valence-corrected chi connectivity index (χ3v) is 5.28. The Morgan fingerprint density at radius 1 is 1.07 bits per heavy atom. The van der Waals surface area contributed by atoms with E-state index in [1.165, 1.54) is 31.1 Å². The molecule has 0 bridgehead atoms. The van der Waals surface area contributed by atoms with Crippen molar-refractivity contribution >= 4 is 34.0 Å². The van der Waals surface area contributed by atoms with Crippen LogP contribution < -0.4 is 15.4 Å². The van der Waals surface area contributed by atoms with Gasteiger partial charge in [-0.05, 0) is 55.2 Å². The lowest BCUT2D eigenvalue weighted by Gasteiger charge is -2.06. The molecule has 0 saturated heterocycles. The first-order valence-electron chi connectivity index (χ1n) is 9.44.